The summed E-state index contributed by atoms with van der Waals surface area (Å²) in [6, 6.07) is 3.53. The van der Waals surface area contributed by atoms with Gasteiger partial charge in [-0.1, -0.05) is 6.07 Å². The number of rotatable bonds is 4. The predicted molar refractivity (Wildman–Crippen MR) is 55.4 cm³/mol. The minimum atomic E-state index is -3.34. The molecule has 3 N–H and O–H groups in total. The summed E-state index contributed by atoms with van der Waals surface area (Å²) in [4.78, 5) is 3.91. The quantitative estimate of drug-likeness (QED) is 0.745. The fourth-order valence-corrected chi connectivity index (χ4v) is 1.87. The monoisotopic (exact) mass is 215 g/mol. The first-order chi connectivity index (χ1) is 6.55. The zero-order chi connectivity index (χ0) is 10.6. The number of nitrogens with two attached hydrogens (primary N) is 1. The second kappa shape index (κ2) is 4.39. The first kappa shape index (κ1) is 10.9. The van der Waals surface area contributed by atoms with E-state index in [0.717, 1.165) is 5.56 Å². The number of nitrogens with zero attached hydrogens (tertiary/aromatic N) is 1. The number of anilines is 1. The highest BCUT2D eigenvalue weighted by atomic mass is 32.2. The van der Waals surface area contributed by atoms with E-state index < -0.39 is 10.0 Å². The second-order valence-corrected chi connectivity index (χ2v) is 4.72. The topological polar surface area (TPSA) is 85.1 Å². The van der Waals surface area contributed by atoms with Gasteiger partial charge in [0.05, 0.1) is 5.75 Å². The molecule has 14 heavy (non-hydrogen) atoms. The molecule has 78 valence electrons. The van der Waals surface area contributed by atoms with Gasteiger partial charge < -0.3 is 5.73 Å². The summed E-state index contributed by atoms with van der Waals surface area (Å²) >= 11 is 0. The molecule has 0 aromatic carbocycles. The smallest absolute Gasteiger partial charge is 0.235 e. The van der Waals surface area contributed by atoms with Gasteiger partial charge in [-0.25, -0.2) is 13.4 Å². The van der Waals surface area contributed by atoms with Crippen molar-refractivity contribution in [2.75, 3.05) is 17.0 Å². The van der Waals surface area contributed by atoms with Crippen LogP contribution < -0.4 is 10.5 Å². The van der Waals surface area contributed by atoms with Gasteiger partial charge in [0.15, 0.2) is 0 Å². The van der Waals surface area contributed by atoms with Crippen molar-refractivity contribution in [3.05, 3.63) is 23.9 Å². The van der Waals surface area contributed by atoms with Crippen molar-refractivity contribution < 1.29 is 8.42 Å². The fraction of sp³-hybridized carbons (Fsp3) is 0.375. The van der Waals surface area contributed by atoms with Crippen LogP contribution in [0.4, 0.5) is 5.82 Å². The Hall–Kier alpha value is -1.14. The maximum absolute atomic E-state index is 11.3. The SMILES string of the molecule is Cc1cccnc1NS(=O)(=O)CCN. The van der Waals surface area contributed by atoms with Crippen LogP contribution in [-0.4, -0.2) is 25.7 Å². The minimum absolute atomic E-state index is 0.0942. The van der Waals surface area contributed by atoms with Crippen LogP contribution >= 0.6 is 0 Å². The lowest BCUT2D eigenvalue weighted by molar-refractivity contribution is 0.601. The predicted octanol–water partition coefficient (Wildman–Crippen LogP) is 0.0904. The Morgan fingerprint density at radius 3 is 2.86 bits per heavy atom. The molecule has 0 aliphatic carbocycles. The summed E-state index contributed by atoms with van der Waals surface area (Å²) in [5, 5.41) is 0. The molecule has 0 bridgehead atoms. The first-order valence-electron chi connectivity index (χ1n) is 4.17. The van der Waals surface area contributed by atoms with E-state index in [1.807, 2.05) is 0 Å². The zero-order valence-electron chi connectivity index (χ0n) is 7.90. The molecule has 0 unspecified atom stereocenters. The highest BCUT2D eigenvalue weighted by molar-refractivity contribution is 7.92. The Morgan fingerprint density at radius 1 is 1.57 bits per heavy atom. The van der Waals surface area contributed by atoms with E-state index in [-0.39, 0.29) is 12.3 Å². The van der Waals surface area contributed by atoms with Gasteiger partial charge in [0.1, 0.15) is 5.82 Å². The number of aryl methyl sites for hydroxylation is 1. The molecule has 1 aromatic rings. The maximum atomic E-state index is 11.3. The Kier molecular flexibility index (Phi) is 3.43. The number of pyridine rings is 1. The van der Waals surface area contributed by atoms with Crippen LogP contribution in [-0.2, 0) is 10.0 Å². The van der Waals surface area contributed by atoms with E-state index in [0.29, 0.717) is 5.82 Å². The Bertz CT molecular complexity index is 403. The number of hydrogen-bond donors (Lipinski definition) is 2. The number of aromatic nitrogens is 1. The number of sulfonamides is 1. The highest BCUT2D eigenvalue weighted by Crippen LogP contribution is 2.10. The summed E-state index contributed by atoms with van der Waals surface area (Å²) in [7, 11) is -3.34. The van der Waals surface area contributed by atoms with Crippen LogP contribution in [0.3, 0.4) is 0 Å². The second-order valence-electron chi connectivity index (χ2n) is 2.88. The molecule has 0 saturated heterocycles. The van der Waals surface area contributed by atoms with Crippen molar-refractivity contribution in [3.63, 3.8) is 0 Å². The van der Waals surface area contributed by atoms with E-state index in [2.05, 4.69) is 9.71 Å². The molecule has 1 heterocycles. The Labute approximate surface area is 83.4 Å². The molecule has 0 saturated carbocycles. The van der Waals surface area contributed by atoms with E-state index in [1.54, 1.807) is 19.1 Å². The summed E-state index contributed by atoms with van der Waals surface area (Å²) in [5.74, 6) is 0.268. The molecule has 0 spiro atoms. The molecular weight excluding hydrogens is 202 g/mol. The van der Waals surface area contributed by atoms with Gasteiger partial charge in [-0.2, -0.15) is 0 Å². The molecule has 1 aromatic heterocycles. The van der Waals surface area contributed by atoms with Crippen molar-refractivity contribution in [1.82, 2.24) is 4.98 Å². The molecule has 0 aliphatic rings. The largest absolute Gasteiger partial charge is 0.329 e. The van der Waals surface area contributed by atoms with Crippen LogP contribution in [0, 0.1) is 6.92 Å². The Balaban J connectivity index is 2.84. The molecule has 0 amide bonds. The minimum Gasteiger partial charge on any atom is -0.329 e. The average molecular weight is 215 g/mol. The molecule has 0 atom stereocenters. The normalized spacial score (nSPS) is 11.3. The average Bonchev–Trinajstić information content (AvgIpc) is 2.08. The number of nitrogens with one attached hydrogen (secondary N) is 1. The third-order valence-corrected chi connectivity index (χ3v) is 2.93. The van der Waals surface area contributed by atoms with Gasteiger partial charge in [-0.3, -0.25) is 4.72 Å². The van der Waals surface area contributed by atoms with E-state index in [9.17, 15) is 8.42 Å². The molecule has 5 nitrogen and oxygen atoms in total. The molecule has 1 rings (SSSR count). The third-order valence-electron chi connectivity index (χ3n) is 1.65. The van der Waals surface area contributed by atoms with E-state index >= 15 is 0 Å². The first-order valence-corrected chi connectivity index (χ1v) is 5.82. The van der Waals surface area contributed by atoms with Gasteiger partial charge in [-0.05, 0) is 18.6 Å². The highest BCUT2D eigenvalue weighted by Gasteiger charge is 2.10. The van der Waals surface area contributed by atoms with E-state index in [4.69, 9.17) is 5.73 Å². The van der Waals surface area contributed by atoms with Crippen molar-refractivity contribution >= 4 is 15.8 Å². The molecule has 0 radical (unpaired) electrons. The maximum Gasteiger partial charge on any atom is 0.235 e. The molecular formula is C8H13N3O2S. The van der Waals surface area contributed by atoms with Crippen LogP contribution in [0.25, 0.3) is 0 Å². The van der Waals surface area contributed by atoms with Crippen LogP contribution in [0.1, 0.15) is 5.56 Å². The van der Waals surface area contributed by atoms with Gasteiger partial charge in [0, 0.05) is 12.7 Å². The standard InChI is InChI=1S/C8H13N3O2S/c1-7-3-2-5-10-8(7)11-14(12,13)6-4-9/h2-3,5H,4,6,9H2,1H3,(H,10,11). The van der Waals surface area contributed by atoms with Gasteiger partial charge in [-0.15, -0.1) is 0 Å². The molecule has 0 fully saturated rings. The molecule has 0 aliphatic heterocycles. The molecule has 6 heteroatoms. The lowest BCUT2D eigenvalue weighted by Gasteiger charge is -2.07. The fourth-order valence-electron chi connectivity index (χ4n) is 0.946. The lowest BCUT2D eigenvalue weighted by atomic mass is 10.3. The van der Waals surface area contributed by atoms with E-state index in [1.165, 1.54) is 6.20 Å². The van der Waals surface area contributed by atoms with Gasteiger partial charge in [0.2, 0.25) is 10.0 Å². The zero-order valence-corrected chi connectivity index (χ0v) is 8.71. The summed E-state index contributed by atoms with van der Waals surface area (Å²) < 4.78 is 25.0. The Morgan fingerprint density at radius 2 is 2.29 bits per heavy atom. The van der Waals surface area contributed by atoms with Crippen LogP contribution in [0.15, 0.2) is 18.3 Å². The lowest BCUT2D eigenvalue weighted by Crippen LogP contribution is -2.23. The summed E-state index contributed by atoms with van der Waals surface area (Å²) in [6.07, 6.45) is 1.54. The van der Waals surface area contributed by atoms with Gasteiger partial charge >= 0.3 is 0 Å². The van der Waals surface area contributed by atoms with Crippen molar-refractivity contribution in [2.45, 2.75) is 6.92 Å². The summed E-state index contributed by atoms with van der Waals surface area (Å²) in [6.45, 7) is 1.88. The van der Waals surface area contributed by atoms with Gasteiger partial charge in [0.25, 0.3) is 0 Å². The van der Waals surface area contributed by atoms with Crippen molar-refractivity contribution in [3.8, 4) is 0 Å². The third kappa shape index (κ3) is 2.97. The number of hydrogen-bond acceptors (Lipinski definition) is 4. The van der Waals surface area contributed by atoms with Crippen LogP contribution in [0.5, 0.6) is 0 Å². The van der Waals surface area contributed by atoms with Crippen molar-refractivity contribution in [1.29, 1.82) is 0 Å². The summed E-state index contributed by atoms with van der Waals surface area (Å²) in [5.41, 5.74) is 5.95. The van der Waals surface area contributed by atoms with Crippen LogP contribution in [0.2, 0.25) is 0 Å². The van der Waals surface area contributed by atoms with Crippen molar-refractivity contribution in [2.24, 2.45) is 5.73 Å².